The molecule has 0 amide bonds. The van der Waals surface area contributed by atoms with Gasteiger partial charge in [-0.25, -0.2) is 9.59 Å². The summed E-state index contributed by atoms with van der Waals surface area (Å²) in [6, 6.07) is 0. The van der Waals surface area contributed by atoms with Gasteiger partial charge in [-0.05, 0) is 97.0 Å². The van der Waals surface area contributed by atoms with Crippen molar-refractivity contribution in [2.75, 3.05) is 0 Å². The Labute approximate surface area is 200 Å². The molecule has 0 aromatic rings. The Balaban J connectivity index is 1.38. The van der Waals surface area contributed by atoms with E-state index < -0.39 is 11.2 Å². The van der Waals surface area contributed by atoms with Crippen molar-refractivity contribution in [3.05, 3.63) is 46.6 Å². The van der Waals surface area contributed by atoms with Gasteiger partial charge in [0.2, 0.25) is 0 Å². The fourth-order valence-corrected chi connectivity index (χ4v) is 11.9. The van der Waals surface area contributed by atoms with E-state index in [4.69, 9.17) is 9.47 Å². The number of ether oxygens (including phenoxy) is 2. The molecule has 34 heavy (non-hydrogen) atoms. The summed E-state index contributed by atoms with van der Waals surface area (Å²) in [6.45, 7) is 18.0. The van der Waals surface area contributed by atoms with Gasteiger partial charge >= 0.3 is 11.9 Å². The molecule has 7 aliphatic carbocycles. The van der Waals surface area contributed by atoms with Gasteiger partial charge in [0.15, 0.2) is 11.2 Å². The maximum absolute atomic E-state index is 13.3. The SMILES string of the molecule is C=C1[C@H]2CC3=C(C)C(=O)O[C@@]34[C@H]([C@@H]3[C@@]5(C)[C@H](CC6=C(C)C(=O)O[C@]634)C(=C)[C@@H]3C[C@@H]35)[C@]2(C)[C@H]2C[C@@H]12. The predicted octanol–water partition coefficient (Wildman–Crippen LogP) is 4.92. The molecule has 7 saturated carbocycles. The van der Waals surface area contributed by atoms with E-state index in [1.165, 1.54) is 24.0 Å². The molecule has 176 valence electrons. The van der Waals surface area contributed by atoms with Crippen LogP contribution in [0.5, 0.6) is 0 Å². The van der Waals surface area contributed by atoms with Crippen LogP contribution in [0.4, 0.5) is 0 Å². The average Bonchev–Trinajstić information content (AvgIpc) is 3.67. The zero-order valence-corrected chi connectivity index (χ0v) is 20.5. The standard InChI is InChI=1S/C30H32O4/c1-11-15-7-21(15)27(5)17(11)9-19-13(3)25(31)33-29(19)23(27)24-28(6)18(12(2)16-8-22(16)28)10-20-14(4)26(32)34-30(20,24)29/h15-18,21-24H,1-2,7-10H2,3-6H3/t15-,16-,17+,18+,21-,22-,23+,24+,27-,28-,29+,30+/m0/s1. The first kappa shape index (κ1) is 19.1. The third-order valence-corrected chi connectivity index (χ3v) is 13.4. The number of fused-ring (bicyclic) bond motifs is 9. The fraction of sp³-hybridized carbons (Fsp3) is 0.667. The molecule has 12 atom stereocenters. The molecule has 0 bridgehead atoms. The second-order valence-electron chi connectivity index (χ2n) is 13.7. The summed E-state index contributed by atoms with van der Waals surface area (Å²) in [7, 11) is 0. The molecule has 0 N–H and O–H groups in total. The van der Waals surface area contributed by atoms with Crippen LogP contribution in [0.15, 0.2) is 46.6 Å². The Hall–Kier alpha value is -2.10. The Bertz CT molecular complexity index is 1210. The first-order chi connectivity index (χ1) is 16.1. The monoisotopic (exact) mass is 456 g/mol. The number of allylic oxidation sites excluding steroid dienone is 2. The van der Waals surface area contributed by atoms with Crippen LogP contribution in [0, 0.1) is 58.2 Å². The minimum atomic E-state index is -0.827. The van der Waals surface area contributed by atoms with E-state index in [1.54, 1.807) is 0 Å². The molecule has 9 rings (SSSR count). The van der Waals surface area contributed by atoms with Crippen molar-refractivity contribution in [3.8, 4) is 0 Å². The van der Waals surface area contributed by atoms with Gasteiger partial charge in [0.1, 0.15) is 0 Å². The number of carbonyl (C=O) groups excluding carboxylic acids is 2. The van der Waals surface area contributed by atoms with Crippen molar-refractivity contribution in [1.29, 1.82) is 0 Å². The van der Waals surface area contributed by atoms with Gasteiger partial charge < -0.3 is 9.47 Å². The van der Waals surface area contributed by atoms with Gasteiger partial charge in [0, 0.05) is 23.0 Å². The predicted molar refractivity (Wildman–Crippen MR) is 124 cm³/mol. The highest BCUT2D eigenvalue weighted by atomic mass is 16.6. The number of rotatable bonds is 0. The van der Waals surface area contributed by atoms with Gasteiger partial charge in [0.25, 0.3) is 0 Å². The maximum Gasteiger partial charge on any atom is 0.334 e. The molecular weight excluding hydrogens is 424 g/mol. The Morgan fingerprint density at radius 3 is 1.50 bits per heavy atom. The van der Waals surface area contributed by atoms with Crippen molar-refractivity contribution in [3.63, 3.8) is 0 Å². The highest BCUT2D eigenvalue weighted by Gasteiger charge is 2.94. The summed E-state index contributed by atoms with van der Waals surface area (Å²) in [4.78, 5) is 26.6. The van der Waals surface area contributed by atoms with Crippen LogP contribution in [-0.4, -0.2) is 23.1 Å². The number of esters is 2. The molecule has 0 unspecified atom stereocenters. The van der Waals surface area contributed by atoms with Gasteiger partial charge in [-0.3, -0.25) is 0 Å². The van der Waals surface area contributed by atoms with Crippen molar-refractivity contribution in [2.24, 2.45) is 58.2 Å². The number of hydrogen-bond acceptors (Lipinski definition) is 4. The molecule has 7 fully saturated rings. The smallest absolute Gasteiger partial charge is 0.334 e. The lowest BCUT2D eigenvalue weighted by molar-refractivity contribution is -0.346. The molecule has 2 aliphatic heterocycles. The lowest BCUT2D eigenvalue weighted by Gasteiger charge is -2.77. The highest BCUT2D eigenvalue weighted by Crippen LogP contribution is 2.90. The number of carbonyl (C=O) groups is 2. The summed E-state index contributed by atoms with van der Waals surface area (Å²) in [6.07, 6.45) is 4.08. The molecular formula is C30H32O4. The van der Waals surface area contributed by atoms with Crippen LogP contribution >= 0.6 is 0 Å². The fourth-order valence-electron chi connectivity index (χ4n) is 11.9. The average molecular weight is 457 g/mol. The zero-order chi connectivity index (χ0) is 23.5. The van der Waals surface area contributed by atoms with E-state index in [0.29, 0.717) is 35.5 Å². The van der Waals surface area contributed by atoms with Crippen molar-refractivity contribution in [1.82, 2.24) is 0 Å². The largest absolute Gasteiger partial charge is 0.446 e. The molecule has 0 aromatic carbocycles. The van der Waals surface area contributed by atoms with E-state index in [9.17, 15) is 9.59 Å². The third kappa shape index (κ3) is 1.41. The van der Waals surface area contributed by atoms with Crippen LogP contribution < -0.4 is 0 Å². The van der Waals surface area contributed by atoms with Crippen LogP contribution in [0.3, 0.4) is 0 Å². The summed E-state index contributed by atoms with van der Waals surface area (Å²) in [5, 5.41) is 0. The Morgan fingerprint density at radius 2 is 1.12 bits per heavy atom. The summed E-state index contributed by atoms with van der Waals surface area (Å²) in [5.74, 6) is 3.14. The van der Waals surface area contributed by atoms with Crippen LogP contribution in [-0.2, 0) is 19.1 Å². The molecule has 9 aliphatic rings. The summed E-state index contributed by atoms with van der Waals surface area (Å²) < 4.78 is 13.2. The van der Waals surface area contributed by atoms with Gasteiger partial charge in [-0.1, -0.05) is 38.2 Å². The highest BCUT2D eigenvalue weighted by molar-refractivity contribution is 5.97. The van der Waals surface area contributed by atoms with Crippen LogP contribution in [0.25, 0.3) is 0 Å². The van der Waals surface area contributed by atoms with Crippen LogP contribution in [0.1, 0.15) is 53.4 Å². The molecule has 0 aromatic heterocycles. The zero-order valence-electron chi connectivity index (χ0n) is 20.5. The first-order valence-corrected chi connectivity index (χ1v) is 13.3. The molecule has 4 heteroatoms. The molecule has 0 saturated heterocycles. The summed E-state index contributed by atoms with van der Waals surface area (Å²) in [5.41, 5.74) is 4.94. The normalized spacial score (nSPS) is 60.8. The first-order valence-electron chi connectivity index (χ1n) is 13.3. The second kappa shape index (κ2) is 4.80. The number of hydrogen-bond donors (Lipinski definition) is 0. The Kier molecular flexibility index (Phi) is 2.70. The Morgan fingerprint density at radius 1 is 0.735 bits per heavy atom. The third-order valence-electron chi connectivity index (χ3n) is 13.4. The van der Waals surface area contributed by atoms with Gasteiger partial charge in [0.05, 0.1) is 0 Å². The molecule has 4 nitrogen and oxygen atoms in total. The van der Waals surface area contributed by atoms with E-state index in [-0.39, 0.29) is 34.6 Å². The minimum Gasteiger partial charge on any atom is -0.446 e. The lowest BCUT2D eigenvalue weighted by atomic mass is 9.28. The van der Waals surface area contributed by atoms with E-state index in [2.05, 4.69) is 27.0 Å². The van der Waals surface area contributed by atoms with Crippen molar-refractivity contribution in [2.45, 2.75) is 64.6 Å². The van der Waals surface area contributed by atoms with E-state index >= 15 is 0 Å². The van der Waals surface area contributed by atoms with Gasteiger partial charge in [-0.2, -0.15) is 0 Å². The second-order valence-corrected chi connectivity index (χ2v) is 13.7. The summed E-state index contributed by atoms with van der Waals surface area (Å²) >= 11 is 0. The van der Waals surface area contributed by atoms with Crippen LogP contribution in [0.2, 0.25) is 0 Å². The van der Waals surface area contributed by atoms with Crippen molar-refractivity contribution < 1.29 is 19.1 Å². The molecule has 2 heterocycles. The quantitative estimate of drug-likeness (QED) is 0.384. The maximum atomic E-state index is 13.3. The van der Waals surface area contributed by atoms with Gasteiger partial charge in [-0.15, -0.1) is 0 Å². The minimum absolute atomic E-state index is 0.0271. The topological polar surface area (TPSA) is 52.6 Å². The van der Waals surface area contributed by atoms with E-state index in [0.717, 1.165) is 35.1 Å². The van der Waals surface area contributed by atoms with Crippen molar-refractivity contribution >= 4 is 11.9 Å². The molecule has 2 spiro atoms. The van der Waals surface area contributed by atoms with E-state index in [1.807, 2.05) is 13.8 Å². The lowest BCUT2D eigenvalue weighted by Crippen LogP contribution is -2.86. The molecule has 0 radical (unpaired) electrons.